The fourth-order valence-electron chi connectivity index (χ4n) is 4.30. The van der Waals surface area contributed by atoms with E-state index in [-0.39, 0.29) is 47.2 Å². The van der Waals surface area contributed by atoms with Gasteiger partial charge in [0, 0.05) is 44.4 Å². The highest BCUT2D eigenvalue weighted by molar-refractivity contribution is 7.90. The molecule has 3 aromatic rings. The molecule has 1 fully saturated rings. The van der Waals surface area contributed by atoms with Crippen molar-refractivity contribution in [2.45, 2.75) is 57.5 Å². The van der Waals surface area contributed by atoms with E-state index >= 15 is 0 Å². The zero-order valence-electron chi connectivity index (χ0n) is 28.9. The van der Waals surface area contributed by atoms with Gasteiger partial charge in [0.1, 0.15) is 22.7 Å². The Morgan fingerprint density at radius 1 is 1.30 bits per heavy atom. The summed E-state index contributed by atoms with van der Waals surface area (Å²) in [4.78, 5) is 19.0. The number of nitrogens with zero attached hydrogens (tertiary/aromatic N) is 6. The molecule has 0 aromatic carbocycles. The number of hydrogen-bond donors (Lipinski definition) is 2. The highest BCUT2D eigenvalue weighted by Crippen LogP contribution is 2.39. The molecular formula is C26H36F3N7O5S2. The summed E-state index contributed by atoms with van der Waals surface area (Å²) in [6.07, 6.45) is -4.66. The number of rotatable bonds is 9. The molecule has 2 N–H and O–H groups in total. The van der Waals surface area contributed by atoms with E-state index in [2.05, 4.69) is 15.2 Å². The minimum Gasteiger partial charge on any atom is -0.476 e. The predicted octanol–water partition coefficient (Wildman–Crippen LogP) is 3.11. The van der Waals surface area contributed by atoms with Crippen LogP contribution in [-0.2, 0) is 17.1 Å². The molecule has 3 aromatic heterocycles. The van der Waals surface area contributed by atoms with Crippen LogP contribution >= 0.6 is 13.5 Å². The number of hydrogen-bond acceptors (Lipinski definition) is 9. The number of ether oxygens (including phenoxy) is 1. The lowest BCUT2D eigenvalue weighted by molar-refractivity contribution is -0.237. The standard InChI is InChI=1S/C26H34F3N7O5S.H2S/c1-16-11-24(3,4)35(12-16)22-18(23(38)33-42(39,40)19-13-34(6)31-17(19)2)7-8-20(30-22)36-10-9-21(32-36)41-15-25(5,14-37)26(27,28)29;/h7-10,13,16,37H,11-12,14-15H2,1-6H3,(H,33,38);1H2/t16-,25?;/m0./s1/i1T3,11T2;. The molecule has 1 aliphatic rings. The van der Waals surface area contributed by atoms with E-state index in [0.717, 1.165) is 11.6 Å². The van der Waals surface area contributed by atoms with Crippen LogP contribution in [-0.4, -0.2) is 75.5 Å². The number of amides is 1. The second-order valence-electron chi connectivity index (χ2n) is 10.7. The third kappa shape index (κ3) is 6.93. The van der Waals surface area contributed by atoms with Gasteiger partial charge in [-0.15, -0.1) is 5.10 Å². The molecule has 0 radical (unpaired) electrons. The number of sulfonamides is 1. The van der Waals surface area contributed by atoms with E-state index in [1.807, 2.05) is 4.72 Å². The van der Waals surface area contributed by atoms with Gasteiger partial charge in [0.15, 0.2) is 5.82 Å². The van der Waals surface area contributed by atoms with E-state index in [4.69, 9.17) is 11.6 Å². The number of aromatic nitrogens is 5. The minimum absolute atomic E-state index is 0. The predicted molar refractivity (Wildman–Crippen MR) is 156 cm³/mol. The monoisotopic (exact) mass is 657 g/mol. The minimum atomic E-state index is -4.78. The largest absolute Gasteiger partial charge is 0.476 e. The summed E-state index contributed by atoms with van der Waals surface area (Å²) >= 11 is 0. The van der Waals surface area contributed by atoms with Crippen molar-refractivity contribution in [1.82, 2.24) is 29.3 Å². The van der Waals surface area contributed by atoms with Crippen molar-refractivity contribution in [2.75, 3.05) is 24.7 Å². The average molecular weight is 658 g/mol. The van der Waals surface area contributed by atoms with Crippen molar-refractivity contribution >= 4 is 35.2 Å². The second-order valence-corrected chi connectivity index (χ2v) is 12.3. The smallest absolute Gasteiger partial charge is 0.399 e. The second kappa shape index (κ2) is 12.0. The Morgan fingerprint density at radius 2 is 2.00 bits per heavy atom. The third-order valence-electron chi connectivity index (χ3n) is 6.78. The number of nitrogens with one attached hydrogen (secondary N) is 1. The summed E-state index contributed by atoms with van der Waals surface area (Å²) in [5.41, 5.74) is -4.41. The Bertz CT molecular complexity index is 1780. The molecule has 12 nitrogen and oxygen atoms in total. The van der Waals surface area contributed by atoms with E-state index in [9.17, 15) is 31.5 Å². The summed E-state index contributed by atoms with van der Waals surface area (Å²) in [6, 6.07) is 3.66. The summed E-state index contributed by atoms with van der Waals surface area (Å²) in [5.74, 6) is -3.28. The molecule has 1 amide bonds. The summed E-state index contributed by atoms with van der Waals surface area (Å²) in [6.45, 7) is -0.345. The molecule has 2 atom stereocenters. The van der Waals surface area contributed by atoms with E-state index in [1.54, 1.807) is 0 Å². The first kappa shape index (κ1) is 27.3. The molecule has 0 aliphatic carbocycles. The molecule has 0 spiro atoms. The van der Waals surface area contributed by atoms with Crippen molar-refractivity contribution in [2.24, 2.45) is 18.4 Å². The van der Waals surface area contributed by atoms with Gasteiger partial charge in [-0.1, -0.05) is 6.85 Å². The van der Waals surface area contributed by atoms with Crippen LogP contribution in [0.5, 0.6) is 5.88 Å². The van der Waals surface area contributed by atoms with Crippen molar-refractivity contribution < 1.29 is 43.1 Å². The van der Waals surface area contributed by atoms with Crippen LogP contribution in [0.4, 0.5) is 19.0 Å². The number of pyridine rings is 1. The van der Waals surface area contributed by atoms with Gasteiger partial charge in [0.25, 0.3) is 15.9 Å². The molecule has 1 aliphatic heterocycles. The fraction of sp³-hybridized carbons (Fsp3) is 0.538. The molecule has 0 bridgehead atoms. The molecule has 17 heteroatoms. The number of carbonyl (C=O) groups is 1. The van der Waals surface area contributed by atoms with Crippen molar-refractivity contribution in [3.8, 4) is 11.7 Å². The van der Waals surface area contributed by atoms with Crippen LogP contribution in [0.15, 0.2) is 35.5 Å². The van der Waals surface area contributed by atoms with Crippen molar-refractivity contribution in [3.63, 3.8) is 0 Å². The zero-order valence-corrected chi connectivity index (χ0v) is 25.7. The topological polar surface area (TPSA) is 144 Å². The summed E-state index contributed by atoms with van der Waals surface area (Å²) in [7, 11) is -2.97. The molecular weight excluding hydrogens is 611 g/mol. The summed E-state index contributed by atoms with van der Waals surface area (Å²) in [5, 5.41) is 17.4. The number of anilines is 1. The zero-order chi connectivity index (χ0) is 35.5. The lowest BCUT2D eigenvalue weighted by atomic mass is 9.92. The van der Waals surface area contributed by atoms with Crippen LogP contribution in [0.2, 0.25) is 0 Å². The van der Waals surface area contributed by atoms with Crippen LogP contribution < -0.4 is 14.4 Å². The molecule has 1 unspecified atom stereocenters. The molecule has 238 valence electrons. The Morgan fingerprint density at radius 3 is 2.56 bits per heavy atom. The number of halogens is 3. The first-order valence-electron chi connectivity index (χ1n) is 15.1. The van der Waals surface area contributed by atoms with E-state index < -0.39 is 72.0 Å². The number of aliphatic hydroxyl groups excluding tert-OH is 1. The van der Waals surface area contributed by atoms with Gasteiger partial charge in [-0.25, -0.2) is 22.8 Å². The van der Waals surface area contributed by atoms with Gasteiger partial charge in [-0.05, 0) is 52.1 Å². The first-order valence-corrected chi connectivity index (χ1v) is 14.1. The number of aliphatic hydroxyl groups is 1. The van der Waals surface area contributed by atoms with Crippen LogP contribution in [0, 0.1) is 18.3 Å². The molecule has 4 heterocycles. The average Bonchev–Trinajstić information content (AvgIpc) is 3.60. The number of aryl methyl sites for hydroxylation is 2. The normalized spacial score (nSPS) is 21.4. The van der Waals surface area contributed by atoms with Gasteiger partial charge in [0.2, 0.25) is 5.88 Å². The van der Waals surface area contributed by atoms with Crippen molar-refractivity contribution in [3.05, 3.63) is 41.9 Å². The molecule has 43 heavy (non-hydrogen) atoms. The lowest BCUT2D eigenvalue weighted by Gasteiger charge is -2.34. The fourth-order valence-corrected chi connectivity index (χ4v) is 5.48. The third-order valence-corrected chi connectivity index (χ3v) is 8.22. The van der Waals surface area contributed by atoms with Crippen molar-refractivity contribution in [1.29, 1.82) is 0 Å². The van der Waals surface area contributed by atoms with Crippen LogP contribution in [0.3, 0.4) is 0 Å². The Kier molecular flexibility index (Phi) is 7.60. The number of carbonyl (C=O) groups excluding carboxylic acids is 1. The van der Waals surface area contributed by atoms with Gasteiger partial charge in [-0.3, -0.25) is 9.48 Å². The van der Waals surface area contributed by atoms with Gasteiger partial charge >= 0.3 is 6.18 Å². The van der Waals surface area contributed by atoms with E-state index in [0.29, 0.717) is 0 Å². The maximum atomic E-state index is 13.6. The van der Waals surface area contributed by atoms with Crippen LogP contribution in [0.25, 0.3) is 5.82 Å². The highest BCUT2D eigenvalue weighted by Gasteiger charge is 2.51. The Hall–Kier alpha value is -3.31. The number of alkyl halides is 3. The maximum Gasteiger partial charge on any atom is 0.399 e. The van der Waals surface area contributed by atoms with Gasteiger partial charge < -0.3 is 14.7 Å². The SMILES string of the molecule is S.[3H]C([3H])([3H])[C@@H]1CN(c2nc(-n3ccc(OCC(C)(CO)C(F)(F)F)n3)ccc2C(=O)NS(=O)(=O)c2cn(C)nc2C)C(C)(C)C1([3H])[3H]. The van der Waals surface area contributed by atoms with E-state index in [1.165, 1.54) is 68.0 Å². The lowest BCUT2D eigenvalue weighted by Crippen LogP contribution is -2.43. The molecule has 1 saturated heterocycles. The van der Waals surface area contributed by atoms with Gasteiger partial charge in [0.05, 0.1) is 17.9 Å². The first-order chi connectivity index (χ1) is 21.4. The van der Waals surface area contributed by atoms with Crippen LogP contribution in [0.1, 0.15) is 56.9 Å². The quantitative estimate of drug-likeness (QED) is 0.355. The maximum absolute atomic E-state index is 13.6. The summed E-state index contributed by atoms with van der Waals surface area (Å²) < 4.78 is 117. The van der Waals surface area contributed by atoms with Gasteiger partial charge in [-0.2, -0.15) is 31.8 Å². The Labute approximate surface area is 261 Å². The Balaban J connectivity index is 0.00000625. The molecule has 4 rings (SSSR count). The molecule has 0 saturated carbocycles. The highest BCUT2D eigenvalue weighted by atomic mass is 32.2.